The molecule has 2 aromatic heterocycles. The fourth-order valence-electron chi connectivity index (χ4n) is 2.43. The van der Waals surface area contributed by atoms with Gasteiger partial charge in [-0.1, -0.05) is 36.4 Å². The number of furan rings is 1. The molecule has 0 fully saturated rings. The van der Waals surface area contributed by atoms with Crippen LogP contribution in [0, 0.1) is 0 Å². The first-order valence-electron chi connectivity index (χ1n) is 7.88. The minimum absolute atomic E-state index is 0.257. The normalized spacial score (nSPS) is 13.0. The number of hydrogen-bond acceptors (Lipinski definition) is 4. The lowest BCUT2D eigenvalue weighted by atomic mass is 10.0. The SMILES string of the molecule is CC(NC(=O)c1cccs1)C(=O)NC(c1ccccc1)c1ccco1. The molecule has 0 aliphatic carbocycles. The van der Waals surface area contributed by atoms with Gasteiger partial charge in [0.2, 0.25) is 5.91 Å². The summed E-state index contributed by atoms with van der Waals surface area (Å²) < 4.78 is 5.47. The van der Waals surface area contributed by atoms with Crippen molar-refractivity contribution in [3.05, 3.63) is 82.4 Å². The minimum Gasteiger partial charge on any atom is -0.467 e. The van der Waals surface area contributed by atoms with Crippen LogP contribution in [0.25, 0.3) is 0 Å². The van der Waals surface area contributed by atoms with Gasteiger partial charge in [0.25, 0.3) is 5.91 Å². The van der Waals surface area contributed by atoms with E-state index in [1.165, 1.54) is 11.3 Å². The Morgan fingerprint density at radius 2 is 1.80 bits per heavy atom. The van der Waals surface area contributed by atoms with Gasteiger partial charge in [-0.25, -0.2) is 0 Å². The molecule has 0 bridgehead atoms. The molecule has 25 heavy (non-hydrogen) atoms. The first kappa shape index (κ1) is 17.0. The molecule has 0 spiro atoms. The Labute approximate surface area is 149 Å². The van der Waals surface area contributed by atoms with Crippen LogP contribution in [0.1, 0.15) is 34.0 Å². The van der Waals surface area contributed by atoms with Gasteiger partial charge in [0.1, 0.15) is 17.8 Å². The highest BCUT2D eigenvalue weighted by atomic mass is 32.1. The maximum atomic E-state index is 12.6. The van der Waals surface area contributed by atoms with E-state index in [4.69, 9.17) is 4.42 Å². The molecule has 5 nitrogen and oxygen atoms in total. The van der Waals surface area contributed by atoms with Crippen LogP contribution in [0.4, 0.5) is 0 Å². The highest BCUT2D eigenvalue weighted by Crippen LogP contribution is 2.22. The van der Waals surface area contributed by atoms with Gasteiger partial charge < -0.3 is 15.1 Å². The van der Waals surface area contributed by atoms with Gasteiger partial charge in [-0.15, -0.1) is 11.3 Å². The highest BCUT2D eigenvalue weighted by molar-refractivity contribution is 7.12. The predicted molar refractivity (Wildman–Crippen MR) is 96.4 cm³/mol. The largest absolute Gasteiger partial charge is 0.467 e. The maximum Gasteiger partial charge on any atom is 0.261 e. The number of carbonyl (C=O) groups is 2. The molecule has 0 aliphatic heterocycles. The number of benzene rings is 1. The third-order valence-corrected chi connectivity index (χ3v) is 4.60. The van der Waals surface area contributed by atoms with Crippen molar-refractivity contribution < 1.29 is 14.0 Å². The fraction of sp³-hybridized carbons (Fsp3) is 0.158. The zero-order valence-electron chi connectivity index (χ0n) is 13.6. The molecule has 3 rings (SSSR count). The van der Waals surface area contributed by atoms with Crippen molar-refractivity contribution in [1.29, 1.82) is 0 Å². The monoisotopic (exact) mass is 354 g/mol. The van der Waals surface area contributed by atoms with Crippen LogP contribution < -0.4 is 10.6 Å². The van der Waals surface area contributed by atoms with E-state index < -0.39 is 12.1 Å². The van der Waals surface area contributed by atoms with Crippen LogP contribution >= 0.6 is 11.3 Å². The topological polar surface area (TPSA) is 71.3 Å². The van der Waals surface area contributed by atoms with E-state index in [9.17, 15) is 9.59 Å². The Kier molecular flexibility index (Phi) is 5.30. The number of carbonyl (C=O) groups excluding carboxylic acids is 2. The van der Waals surface area contributed by atoms with Crippen molar-refractivity contribution in [2.75, 3.05) is 0 Å². The van der Waals surface area contributed by atoms with Gasteiger partial charge in [0.05, 0.1) is 11.1 Å². The van der Waals surface area contributed by atoms with E-state index in [1.54, 1.807) is 31.4 Å². The molecule has 6 heteroatoms. The lowest BCUT2D eigenvalue weighted by Crippen LogP contribution is -2.45. The first-order valence-corrected chi connectivity index (χ1v) is 8.76. The van der Waals surface area contributed by atoms with Crippen molar-refractivity contribution in [3.63, 3.8) is 0 Å². The van der Waals surface area contributed by atoms with Crippen LogP contribution in [0.5, 0.6) is 0 Å². The Balaban J connectivity index is 1.71. The summed E-state index contributed by atoms with van der Waals surface area (Å²) in [5.74, 6) is 0.0957. The average molecular weight is 354 g/mol. The third-order valence-electron chi connectivity index (χ3n) is 3.73. The van der Waals surface area contributed by atoms with E-state index in [2.05, 4.69) is 10.6 Å². The molecule has 0 radical (unpaired) electrons. The molecule has 2 atom stereocenters. The van der Waals surface area contributed by atoms with Crippen molar-refractivity contribution >= 4 is 23.2 Å². The van der Waals surface area contributed by atoms with Crippen molar-refractivity contribution in [2.24, 2.45) is 0 Å². The second kappa shape index (κ2) is 7.81. The summed E-state index contributed by atoms with van der Waals surface area (Å²) in [6.45, 7) is 1.66. The number of hydrogen-bond donors (Lipinski definition) is 2. The molecule has 2 heterocycles. The Morgan fingerprint density at radius 3 is 2.44 bits per heavy atom. The van der Waals surface area contributed by atoms with Gasteiger partial charge in [0.15, 0.2) is 0 Å². The average Bonchev–Trinajstić information content (AvgIpc) is 3.33. The van der Waals surface area contributed by atoms with Crippen molar-refractivity contribution in [2.45, 2.75) is 19.0 Å². The quantitative estimate of drug-likeness (QED) is 0.713. The van der Waals surface area contributed by atoms with E-state index in [-0.39, 0.29) is 11.8 Å². The number of amides is 2. The minimum atomic E-state index is -0.671. The summed E-state index contributed by atoms with van der Waals surface area (Å²) >= 11 is 1.33. The van der Waals surface area contributed by atoms with Crippen molar-refractivity contribution in [3.8, 4) is 0 Å². The molecule has 2 unspecified atom stereocenters. The second-order valence-corrected chi connectivity index (χ2v) is 6.49. The van der Waals surface area contributed by atoms with E-state index in [0.29, 0.717) is 10.6 Å². The van der Waals surface area contributed by atoms with E-state index in [1.807, 2.05) is 41.8 Å². The van der Waals surface area contributed by atoms with Crippen LogP contribution in [-0.2, 0) is 4.79 Å². The number of thiophene rings is 1. The molecule has 2 N–H and O–H groups in total. The van der Waals surface area contributed by atoms with Crippen LogP contribution in [0.3, 0.4) is 0 Å². The summed E-state index contributed by atoms with van der Waals surface area (Å²) in [5.41, 5.74) is 0.905. The molecule has 0 saturated carbocycles. The predicted octanol–water partition coefficient (Wildman–Crippen LogP) is 3.37. The van der Waals surface area contributed by atoms with E-state index in [0.717, 1.165) is 5.56 Å². The summed E-state index contributed by atoms with van der Waals surface area (Å²) in [7, 11) is 0. The zero-order valence-corrected chi connectivity index (χ0v) is 14.5. The number of nitrogens with one attached hydrogen (secondary N) is 2. The standard InChI is InChI=1S/C19H18N2O3S/c1-13(20-19(23)16-10-6-12-25-16)18(22)21-17(15-9-5-11-24-15)14-7-3-2-4-8-14/h2-13,17H,1H3,(H,20,23)(H,21,22). The Hall–Kier alpha value is -2.86. The second-order valence-electron chi connectivity index (χ2n) is 5.54. The summed E-state index contributed by atoms with van der Waals surface area (Å²) in [5, 5.41) is 7.48. The van der Waals surface area contributed by atoms with Crippen molar-refractivity contribution in [1.82, 2.24) is 10.6 Å². The maximum absolute atomic E-state index is 12.6. The molecule has 0 aliphatic rings. The van der Waals surface area contributed by atoms with Crippen LogP contribution in [-0.4, -0.2) is 17.9 Å². The molecule has 1 aromatic carbocycles. The third kappa shape index (κ3) is 4.16. The molecule has 0 saturated heterocycles. The molecule has 3 aromatic rings. The molecular weight excluding hydrogens is 336 g/mol. The molecule has 128 valence electrons. The lowest BCUT2D eigenvalue weighted by Gasteiger charge is -2.20. The van der Waals surface area contributed by atoms with Gasteiger partial charge in [-0.2, -0.15) is 0 Å². The first-order chi connectivity index (χ1) is 12.1. The Morgan fingerprint density at radius 1 is 1.00 bits per heavy atom. The van der Waals surface area contributed by atoms with E-state index >= 15 is 0 Å². The Bertz CT molecular complexity index is 814. The highest BCUT2D eigenvalue weighted by Gasteiger charge is 2.23. The summed E-state index contributed by atoms with van der Waals surface area (Å²) in [4.78, 5) is 25.2. The van der Waals surface area contributed by atoms with Crippen LogP contribution in [0.15, 0.2) is 70.7 Å². The smallest absolute Gasteiger partial charge is 0.261 e. The summed E-state index contributed by atoms with van der Waals surface area (Å²) in [6, 6.07) is 15.6. The zero-order chi connectivity index (χ0) is 17.6. The lowest BCUT2D eigenvalue weighted by molar-refractivity contribution is -0.123. The van der Waals surface area contributed by atoms with Gasteiger partial charge in [-0.3, -0.25) is 9.59 Å². The molecular formula is C19H18N2O3S. The number of rotatable bonds is 6. The fourth-order valence-corrected chi connectivity index (χ4v) is 3.05. The van der Waals surface area contributed by atoms with Crippen LogP contribution in [0.2, 0.25) is 0 Å². The van der Waals surface area contributed by atoms with Gasteiger partial charge >= 0.3 is 0 Å². The molecule has 2 amide bonds. The van der Waals surface area contributed by atoms with Gasteiger partial charge in [0, 0.05) is 0 Å². The van der Waals surface area contributed by atoms with Gasteiger partial charge in [-0.05, 0) is 36.1 Å². The summed E-state index contributed by atoms with van der Waals surface area (Å²) in [6.07, 6.45) is 1.57.